The first-order valence-corrected chi connectivity index (χ1v) is 10.4. The average molecular weight is 433 g/mol. The number of nitrogens with zero attached hydrogens (tertiary/aromatic N) is 1. The summed E-state index contributed by atoms with van der Waals surface area (Å²) in [6.45, 7) is 1.79. The number of hydrogen-bond acceptors (Lipinski definition) is 7. The molecule has 1 fully saturated rings. The minimum Gasteiger partial charge on any atom is -0.477 e. The zero-order valence-electron chi connectivity index (χ0n) is 16.6. The van der Waals surface area contributed by atoms with E-state index in [9.17, 15) is 24.3 Å². The van der Waals surface area contributed by atoms with Crippen LogP contribution in [0.1, 0.15) is 12.5 Å². The van der Waals surface area contributed by atoms with Gasteiger partial charge in [-0.15, -0.1) is 11.8 Å². The molecule has 2 aliphatic heterocycles. The number of benzene rings is 1. The average Bonchev–Trinajstić information content (AvgIpc) is 3.00. The van der Waals surface area contributed by atoms with Crippen LogP contribution in [-0.2, 0) is 30.5 Å². The standard InChI is InChI=1S/C20H23N3O6S/c1-11(24)22-8-9-30-17-14(21-2)15-13(18(25)23(15)16(17)19(26)27)20(28)29-10-12-6-4-3-5-7-12/h3-7,13-15,21H,8-10H2,1-2H3,(H,22,24)(H,26,27)/t13-,14?,15-/m1/s1. The number of carbonyl (C=O) groups is 4. The molecule has 1 aromatic rings. The minimum atomic E-state index is -1.23. The summed E-state index contributed by atoms with van der Waals surface area (Å²) in [4.78, 5) is 49.8. The molecule has 0 aliphatic carbocycles. The molecule has 160 valence electrons. The number of hydrogen-bond donors (Lipinski definition) is 3. The lowest BCUT2D eigenvalue weighted by Crippen LogP contribution is -2.66. The van der Waals surface area contributed by atoms with Gasteiger partial charge < -0.3 is 20.5 Å². The van der Waals surface area contributed by atoms with Gasteiger partial charge in [-0.25, -0.2) is 4.79 Å². The first-order valence-electron chi connectivity index (χ1n) is 9.42. The zero-order valence-corrected chi connectivity index (χ0v) is 17.4. The SMILES string of the molecule is CNC1C(SCCNC(C)=O)=C(C(=O)O)N2C(=O)[C@H](C(=O)OCc3ccccc3)[C@H]12. The van der Waals surface area contributed by atoms with Gasteiger partial charge in [0.15, 0.2) is 5.92 Å². The number of thioether (sulfide) groups is 1. The normalized spacial score (nSPS) is 22.4. The summed E-state index contributed by atoms with van der Waals surface area (Å²) >= 11 is 1.24. The largest absolute Gasteiger partial charge is 0.477 e. The van der Waals surface area contributed by atoms with E-state index in [2.05, 4.69) is 10.6 Å². The van der Waals surface area contributed by atoms with E-state index < -0.39 is 35.8 Å². The van der Waals surface area contributed by atoms with E-state index in [-0.39, 0.29) is 18.2 Å². The topological polar surface area (TPSA) is 125 Å². The van der Waals surface area contributed by atoms with Gasteiger partial charge in [-0.2, -0.15) is 0 Å². The van der Waals surface area contributed by atoms with Crippen molar-refractivity contribution in [3.63, 3.8) is 0 Å². The van der Waals surface area contributed by atoms with Gasteiger partial charge in [0.1, 0.15) is 12.3 Å². The number of rotatable bonds is 9. The fraction of sp³-hybridized carbons (Fsp3) is 0.400. The quantitative estimate of drug-likeness (QED) is 0.220. The predicted molar refractivity (Wildman–Crippen MR) is 109 cm³/mol. The number of aliphatic carboxylic acids is 1. The van der Waals surface area contributed by atoms with E-state index in [4.69, 9.17) is 4.74 Å². The number of carboxylic acids is 1. The Morgan fingerprint density at radius 2 is 1.93 bits per heavy atom. The Morgan fingerprint density at radius 3 is 2.53 bits per heavy atom. The van der Waals surface area contributed by atoms with Crippen LogP contribution < -0.4 is 10.6 Å². The Hall–Kier alpha value is -2.85. The molecule has 2 amide bonds. The second-order valence-electron chi connectivity index (χ2n) is 6.89. The van der Waals surface area contributed by atoms with Crippen molar-refractivity contribution in [1.82, 2.24) is 15.5 Å². The lowest BCUT2D eigenvalue weighted by molar-refractivity contribution is -0.172. The van der Waals surface area contributed by atoms with Crippen LogP contribution in [-0.4, -0.2) is 65.2 Å². The molecule has 30 heavy (non-hydrogen) atoms. The molecule has 0 spiro atoms. The number of esters is 1. The molecule has 0 radical (unpaired) electrons. The van der Waals surface area contributed by atoms with Crippen LogP contribution in [0.15, 0.2) is 40.9 Å². The Balaban J connectivity index is 1.72. The highest BCUT2D eigenvalue weighted by Crippen LogP contribution is 2.46. The summed E-state index contributed by atoms with van der Waals surface area (Å²) in [6, 6.07) is 7.94. The van der Waals surface area contributed by atoms with Crippen molar-refractivity contribution in [3.8, 4) is 0 Å². The monoisotopic (exact) mass is 433 g/mol. The van der Waals surface area contributed by atoms with Crippen molar-refractivity contribution in [2.45, 2.75) is 25.6 Å². The van der Waals surface area contributed by atoms with E-state index >= 15 is 0 Å². The summed E-state index contributed by atoms with van der Waals surface area (Å²) in [5.74, 6) is -3.28. The summed E-state index contributed by atoms with van der Waals surface area (Å²) in [6.07, 6.45) is 0. The highest BCUT2D eigenvalue weighted by Gasteiger charge is 2.63. The van der Waals surface area contributed by atoms with Crippen LogP contribution in [0.25, 0.3) is 0 Å². The van der Waals surface area contributed by atoms with Gasteiger partial charge in [0.05, 0.1) is 12.1 Å². The molecule has 0 aromatic heterocycles. The molecule has 2 heterocycles. The number of fused-ring (bicyclic) bond motifs is 1. The predicted octanol–water partition coefficient (Wildman–Crippen LogP) is 0.324. The fourth-order valence-corrected chi connectivity index (χ4v) is 4.83. The Bertz CT molecular complexity index is 888. The van der Waals surface area contributed by atoms with Crippen molar-refractivity contribution < 1.29 is 29.0 Å². The molecule has 1 saturated heterocycles. The van der Waals surface area contributed by atoms with Crippen molar-refractivity contribution in [2.75, 3.05) is 19.3 Å². The summed E-state index contributed by atoms with van der Waals surface area (Å²) < 4.78 is 5.32. The number of carbonyl (C=O) groups excluding carboxylic acids is 3. The molecule has 9 nitrogen and oxygen atoms in total. The van der Waals surface area contributed by atoms with Crippen LogP contribution in [0.2, 0.25) is 0 Å². The van der Waals surface area contributed by atoms with Gasteiger partial charge in [0.2, 0.25) is 11.8 Å². The number of carboxylic acid groups (broad SMARTS) is 1. The minimum absolute atomic E-state index is 0.0396. The lowest BCUT2D eigenvalue weighted by atomic mass is 9.85. The highest BCUT2D eigenvalue weighted by molar-refractivity contribution is 8.03. The van der Waals surface area contributed by atoms with E-state index in [0.29, 0.717) is 17.2 Å². The van der Waals surface area contributed by atoms with Crippen molar-refractivity contribution in [1.29, 1.82) is 0 Å². The second-order valence-corrected chi connectivity index (χ2v) is 8.02. The number of amides is 2. The smallest absolute Gasteiger partial charge is 0.353 e. The molecular weight excluding hydrogens is 410 g/mol. The van der Waals surface area contributed by atoms with Gasteiger partial charge >= 0.3 is 11.9 Å². The van der Waals surface area contributed by atoms with Gasteiger partial charge in [0.25, 0.3) is 0 Å². The van der Waals surface area contributed by atoms with E-state index in [0.717, 1.165) is 5.56 Å². The van der Waals surface area contributed by atoms with Crippen LogP contribution in [0.5, 0.6) is 0 Å². The molecular formula is C20H23N3O6S. The number of β-lactam (4-membered cyclic amide) rings is 1. The van der Waals surface area contributed by atoms with Gasteiger partial charge in [-0.3, -0.25) is 19.3 Å². The third-order valence-electron chi connectivity index (χ3n) is 4.97. The third-order valence-corrected chi connectivity index (χ3v) is 6.13. The molecule has 1 unspecified atom stereocenters. The number of likely N-dealkylation sites (N-methyl/N-ethyl adjacent to an activating group) is 1. The second kappa shape index (κ2) is 9.31. The maximum absolute atomic E-state index is 12.7. The van der Waals surface area contributed by atoms with Crippen LogP contribution in [0, 0.1) is 5.92 Å². The van der Waals surface area contributed by atoms with Crippen molar-refractivity contribution in [3.05, 3.63) is 46.5 Å². The van der Waals surface area contributed by atoms with Gasteiger partial charge in [0, 0.05) is 24.1 Å². The van der Waals surface area contributed by atoms with E-state index in [1.54, 1.807) is 7.05 Å². The Labute approximate surface area is 177 Å². The molecule has 3 N–H and O–H groups in total. The van der Waals surface area contributed by atoms with E-state index in [1.165, 1.54) is 23.6 Å². The molecule has 3 atom stereocenters. The summed E-state index contributed by atoms with van der Waals surface area (Å²) in [5.41, 5.74) is 0.675. The molecule has 10 heteroatoms. The lowest BCUT2D eigenvalue weighted by Gasteiger charge is -2.43. The van der Waals surface area contributed by atoms with Crippen molar-refractivity contribution >= 4 is 35.5 Å². The zero-order chi connectivity index (χ0) is 21.8. The maximum atomic E-state index is 12.7. The Kier molecular flexibility index (Phi) is 6.78. The first-order chi connectivity index (χ1) is 14.4. The third kappa shape index (κ3) is 4.19. The summed E-state index contributed by atoms with van der Waals surface area (Å²) in [7, 11) is 1.65. The molecule has 1 aromatic carbocycles. The first kappa shape index (κ1) is 21.8. The van der Waals surface area contributed by atoms with Crippen LogP contribution in [0.4, 0.5) is 0 Å². The molecule has 3 rings (SSSR count). The maximum Gasteiger partial charge on any atom is 0.353 e. The highest BCUT2D eigenvalue weighted by atomic mass is 32.2. The fourth-order valence-electron chi connectivity index (χ4n) is 3.65. The molecule has 0 bridgehead atoms. The van der Waals surface area contributed by atoms with Crippen molar-refractivity contribution in [2.24, 2.45) is 5.92 Å². The van der Waals surface area contributed by atoms with Crippen LogP contribution in [0.3, 0.4) is 0 Å². The summed E-state index contributed by atoms with van der Waals surface area (Å²) in [5, 5.41) is 15.4. The molecule has 2 aliphatic rings. The van der Waals surface area contributed by atoms with Gasteiger partial charge in [-0.1, -0.05) is 30.3 Å². The van der Waals surface area contributed by atoms with Gasteiger partial charge in [-0.05, 0) is 12.6 Å². The molecule has 0 saturated carbocycles. The number of nitrogens with one attached hydrogen (secondary N) is 2. The van der Waals surface area contributed by atoms with E-state index in [1.807, 2.05) is 30.3 Å². The Morgan fingerprint density at radius 1 is 1.23 bits per heavy atom. The number of ether oxygens (including phenoxy) is 1. The van der Waals surface area contributed by atoms with Crippen LogP contribution >= 0.6 is 11.8 Å².